The van der Waals surface area contributed by atoms with Crippen molar-refractivity contribution in [2.75, 3.05) is 13.2 Å². The first-order chi connectivity index (χ1) is 16.0. The molecule has 0 aromatic heterocycles. The maximum absolute atomic E-state index is 12.7. The number of non-ortho nitro benzene ring substituents is 1. The highest BCUT2D eigenvalue weighted by atomic mass is 32.2. The summed E-state index contributed by atoms with van der Waals surface area (Å²) in [5.41, 5.74) is 0.399. The minimum Gasteiger partial charge on any atom is -0.487 e. The van der Waals surface area contributed by atoms with Gasteiger partial charge in [0.15, 0.2) is 6.04 Å². The summed E-state index contributed by atoms with van der Waals surface area (Å²) in [5.74, 6) is -0.475. The molecule has 0 saturated carbocycles. The van der Waals surface area contributed by atoms with E-state index in [0.717, 1.165) is 0 Å². The summed E-state index contributed by atoms with van der Waals surface area (Å²) in [7, 11) is 0. The number of likely N-dealkylation sites (tertiary alicyclic amines) is 1. The minimum atomic E-state index is -0.788. The number of benzene rings is 2. The molecule has 1 amide bonds. The monoisotopic (exact) mass is 469 g/mol. The lowest BCUT2D eigenvalue weighted by atomic mass is 10.1. The number of amides is 1. The highest BCUT2D eigenvalue weighted by Crippen LogP contribution is 2.41. The van der Waals surface area contributed by atoms with Crippen LogP contribution in [-0.2, 0) is 20.9 Å². The van der Waals surface area contributed by atoms with Gasteiger partial charge in [0, 0.05) is 12.1 Å². The number of rotatable bonds is 9. The zero-order valence-electron chi connectivity index (χ0n) is 17.2. The van der Waals surface area contributed by atoms with E-state index < -0.39 is 28.9 Å². The molecule has 0 radical (unpaired) electrons. The third-order valence-electron chi connectivity index (χ3n) is 4.93. The number of carbonyl (C=O) groups excluding carboxylic acids is 2. The molecule has 0 spiro atoms. The zero-order valence-corrected chi connectivity index (χ0v) is 18.0. The van der Waals surface area contributed by atoms with Crippen LogP contribution >= 0.6 is 11.8 Å². The number of fused-ring (bicyclic) bond motifs is 1. The zero-order chi connectivity index (χ0) is 23.4. The highest BCUT2D eigenvalue weighted by Gasteiger charge is 2.54. The van der Waals surface area contributed by atoms with Crippen molar-refractivity contribution < 1.29 is 29.1 Å². The number of nitro groups is 1. The van der Waals surface area contributed by atoms with Gasteiger partial charge < -0.3 is 14.6 Å². The summed E-state index contributed by atoms with van der Waals surface area (Å²) in [6.45, 7) is -0.402. The summed E-state index contributed by atoms with van der Waals surface area (Å²) >= 11 is 1.32. The van der Waals surface area contributed by atoms with Gasteiger partial charge in [-0.15, -0.1) is 0 Å². The number of nitro benzene ring substituents is 1. The third kappa shape index (κ3) is 4.89. The van der Waals surface area contributed by atoms with Gasteiger partial charge in [0.05, 0.1) is 11.5 Å². The van der Waals surface area contributed by atoms with Gasteiger partial charge >= 0.3 is 5.97 Å². The van der Waals surface area contributed by atoms with Gasteiger partial charge in [0.2, 0.25) is 0 Å². The quantitative estimate of drug-likeness (QED) is 0.195. The molecule has 2 aliphatic heterocycles. The predicted molar refractivity (Wildman–Crippen MR) is 119 cm³/mol. The fraction of sp³-hybridized carbons (Fsp3) is 0.227. The minimum absolute atomic E-state index is 0.0708. The Hall–Kier alpha value is -3.70. The molecule has 11 heteroatoms. The van der Waals surface area contributed by atoms with E-state index in [0.29, 0.717) is 16.4 Å². The van der Waals surface area contributed by atoms with E-state index in [4.69, 9.17) is 9.47 Å². The van der Waals surface area contributed by atoms with E-state index in [1.165, 1.54) is 47.0 Å². The largest absolute Gasteiger partial charge is 0.487 e. The maximum atomic E-state index is 12.7. The molecule has 2 atom stereocenters. The number of nitrogens with zero attached hydrogens (tertiary/aromatic N) is 3. The molecular weight excluding hydrogens is 450 g/mol. The average molecular weight is 469 g/mol. The van der Waals surface area contributed by atoms with E-state index in [2.05, 4.69) is 4.99 Å². The van der Waals surface area contributed by atoms with Crippen LogP contribution in [0, 0.1) is 10.1 Å². The van der Waals surface area contributed by atoms with Gasteiger partial charge in [-0.25, -0.2) is 4.79 Å². The normalized spacial score (nSPS) is 19.4. The number of aliphatic hydroxyl groups is 1. The average Bonchev–Trinajstić information content (AvgIpc) is 3.21. The molecule has 33 heavy (non-hydrogen) atoms. The van der Waals surface area contributed by atoms with Crippen LogP contribution in [0.3, 0.4) is 0 Å². The Kier molecular flexibility index (Phi) is 6.71. The number of carbonyl (C=O) groups is 2. The fourth-order valence-electron chi connectivity index (χ4n) is 3.30. The first-order valence-corrected chi connectivity index (χ1v) is 10.8. The number of esters is 1. The second-order valence-electron chi connectivity index (χ2n) is 7.06. The van der Waals surface area contributed by atoms with E-state index in [-0.39, 0.29) is 30.5 Å². The Morgan fingerprint density at radius 1 is 1.18 bits per heavy atom. The predicted octanol–water partition coefficient (Wildman–Crippen LogP) is 2.28. The van der Waals surface area contributed by atoms with Crippen molar-refractivity contribution in [2.24, 2.45) is 4.99 Å². The van der Waals surface area contributed by atoms with Gasteiger partial charge in [0.25, 0.3) is 11.6 Å². The molecule has 4 rings (SSSR count). The summed E-state index contributed by atoms with van der Waals surface area (Å²) in [5, 5.41) is 20.3. The Labute approximate surface area is 192 Å². The second-order valence-corrected chi connectivity index (χ2v) is 8.25. The molecule has 0 aliphatic carbocycles. The number of hydrogen-bond acceptors (Lipinski definition) is 9. The lowest BCUT2D eigenvalue weighted by molar-refractivity contribution is -0.384. The Morgan fingerprint density at radius 2 is 1.91 bits per heavy atom. The first kappa shape index (κ1) is 22.5. The van der Waals surface area contributed by atoms with Crippen LogP contribution in [0.15, 0.2) is 71.4 Å². The van der Waals surface area contributed by atoms with E-state index in [1.807, 2.05) is 30.3 Å². The van der Waals surface area contributed by atoms with Crippen molar-refractivity contribution in [1.82, 2.24) is 4.90 Å². The van der Waals surface area contributed by atoms with Crippen molar-refractivity contribution in [3.8, 4) is 5.75 Å². The number of para-hydroxylation sites is 1. The third-order valence-corrected chi connectivity index (χ3v) is 6.14. The Morgan fingerprint density at radius 3 is 2.58 bits per heavy atom. The number of aliphatic imine (C=N–C) groups is 1. The number of β-lactam (4-membered cyclic amide) rings is 1. The molecule has 0 bridgehead atoms. The van der Waals surface area contributed by atoms with Gasteiger partial charge in [-0.3, -0.25) is 24.8 Å². The lowest BCUT2D eigenvalue weighted by Crippen LogP contribution is -2.61. The Bertz CT molecular complexity index is 1120. The molecule has 2 aromatic rings. The van der Waals surface area contributed by atoms with Gasteiger partial charge in [-0.1, -0.05) is 30.0 Å². The van der Waals surface area contributed by atoms with Crippen LogP contribution in [0.25, 0.3) is 0 Å². The molecule has 170 valence electrons. The van der Waals surface area contributed by atoms with Gasteiger partial charge in [-0.05, 0) is 35.9 Å². The van der Waals surface area contributed by atoms with Crippen molar-refractivity contribution in [1.29, 1.82) is 0 Å². The number of thioether (sulfide) groups is 1. The van der Waals surface area contributed by atoms with Crippen LogP contribution in [0.5, 0.6) is 5.75 Å². The maximum Gasteiger partial charge on any atom is 0.355 e. The molecule has 1 fully saturated rings. The molecule has 10 nitrogen and oxygen atoms in total. The van der Waals surface area contributed by atoms with Crippen LogP contribution in [0.1, 0.15) is 5.56 Å². The van der Waals surface area contributed by atoms with Crippen molar-refractivity contribution in [3.63, 3.8) is 0 Å². The molecular formula is C22H19N3O7S. The molecule has 2 heterocycles. The van der Waals surface area contributed by atoms with Crippen LogP contribution in [0.4, 0.5) is 5.69 Å². The number of ether oxygens (including phenoxy) is 2. The number of hydrogen-bond donors (Lipinski definition) is 1. The molecule has 1 saturated heterocycles. The lowest BCUT2D eigenvalue weighted by Gasteiger charge is -2.41. The first-order valence-electron chi connectivity index (χ1n) is 9.93. The topological polar surface area (TPSA) is 132 Å². The molecule has 2 aliphatic rings. The Balaban J connectivity index is 1.36. The van der Waals surface area contributed by atoms with Gasteiger partial charge in [0.1, 0.15) is 35.1 Å². The summed E-state index contributed by atoms with van der Waals surface area (Å²) < 4.78 is 11.0. The molecule has 2 aromatic carbocycles. The van der Waals surface area contributed by atoms with Crippen LogP contribution in [0.2, 0.25) is 0 Å². The van der Waals surface area contributed by atoms with Crippen molar-refractivity contribution in [2.45, 2.75) is 18.0 Å². The molecule has 2 unspecified atom stereocenters. The standard InChI is InChI=1S/C22H19N3O7S/c26-11-10-17(22(28)32-12-14-6-8-15(9-7-14)25(29)30)24-20(27)19-21(24)33-18(23-19)13-31-16-4-2-1-3-5-16/h1-10,19,21,26H,11-13H2. The van der Waals surface area contributed by atoms with Gasteiger partial charge in [-0.2, -0.15) is 0 Å². The molecule has 1 N–H and O–H groups in total. The summed E-state index contributed by atoms with van der Waals surface area (Å²) in [6.07, 6.45) is 1.21. The van der Waals surface area contributed by atoms with Crippen molar-refractivity contribution in [3.05, 3.63) is 82.0 Å². The second kappa shape index (κ2) is 9.84. The smallest absolute Gasteiger partial charge is 0.355 e. The van der Waals surface area contributed by atoms with Crippen molar-refractivity contribution >= 4 is 34.4 Å². The van der Waals surface area contributed by atoms with Crippen LogP contribution in [-0.4, -0.2) is 56.5 Å². The van der Waals surface area contributed by atoms with Crippen LogP contribution < -0.4 is 4.74 Å². The van der Waals surface area contributed by atoms with E-state index in [1.54, 1.807) is 0 Å². The fourth-order valence-corrected chi connectivity index (χ4v) is 4.51. The summed E-state index contributed by atoms with van der Waals surface area (Å²) in [6, 6.07) is 14.2. The number of aliphatic hydroxyl groups excluding tert-OH is 1. The van der Waals surface area contributed by atoms with E-state index >= 15 is 0 Å². The van der Waals surface area contributed by atoms with E-state index in [9.17, 15) is 24.8 Å². The SMILES string of the molecule is O=C(OCc1ccc([N+](=O)[O-])cc1)C(=CCO)N1C(=O)C2N=C(COc3ccccc3)SC21. The highest BCUT2D eigenvalue weighted by molar-refractivity contribution is 8.15. The summed E-state index contributed by atoms with van der Waals surface area (Å²) in [4.78, 5) is 41.2.